The van der Waals surface area contributed by atoms with Gasteiger partial charge in [0.2, 0.25) is 0 Å². The van der Waals surface area contributed by atoms with E-state index in [1.54, 1.807) is 14.0 Å². The molecule has 0 bridgehead atoms. The third-order valence-corrected chi connectivity index (χ3v) is 4.59. The predicted octanol–water partition coefficient (Wildman–Crippen LogP) is 5.00. The van der Waals surface area contributed by atoms with Gasteiger partial charge < -0.3 is 19.5 Å². The minimum absolute atomic E-state index is 0.0147. The van der Waals surface area contributed by atoms with E-state index in [0.717, 1.165) is 28.4 Å². The van der Waals surface area contributed by atoms with E-state index in [1.165, 1.54) is 0 Å². The number of hydrogen-bond donors (Lipinski definition) is 1. The molecule has 0 saturated heterocycles. The van der Waals surface area contributed by atoms with Crippen molar-refractivity contribution in [3.05, 3.63) is 71.8 Å². The van der Waals surface area contributed by atoms with E-state index in [0.29, 0.717) is 11.3 Å². The van der Waals surface area contributed by atoms with Crippen LogP contribution in [0.3, 0.4) is 0 Å². The Labute approximate surface area is 165 Å². The van der Waals surface area contributed by atoms with E-state index in [1.807, 2.05) is 60.7 Å². The summed E-state index contributed by atoms with van der Waals surface area (Å²) in [5.74, 6) is 0.245. The van der Waals surface area contributed by atoms with Crippen molar-refractivity contribution in [3.63, 3.8) is 0 Å². The first-order chi connectivity index (χ1) is 13.6. The molecular weight excluding hydrogens is 354 g/mol. The van der Waals surface area contributed by atoms with Crippen LogP contribution in [0.5, 0.6) is 5.75 Å². The number of hydrogen-bond acceptors (Lipinski definition) is 4. The first-order valence-electron chi connectivity index (χ1n) is 9.31. The van der Waals surface area contributed by atoms with Crippen LogP contribution < -0.4 is 10.1 Å². The zero-order valence-electron chi connectivity index (χ0n) is 16.4. The molecule has 28 heavy (non-hydrogen) atoms. The lowest BCUT2D eigenvalue weighted by molar-refractivity contribution is -0.149. The van der Waals surface area contributed by atoms with Crippen molar-refractivity contribution in [2.75, 3.05) is 19.2 Å². The van der Waals surface area contributed by atoms with Crippen LogP contribution in [0.2, 0.25) is 0 Å². The van der Waals surface area contributed by atoms with Crippen LogP contribution in [0, 0.1) is 0 Å². The molecule has 1 amide bonds. The van der Waals surface area contributed by atoms with Crippen molar-refractivity contribution >= 4 is 22.4 Å². The molecule has 0 heterocycles. The molecule has 1 unspecified atom stereocenters. The molecule has 0 aliphatic rings. The minimum atomic E-state index is -0.394. The number of aryl methyl sites for hydroxylation is 1. The maximum absolute atomic E-state index is 13.0. The number of methoxy groups -OCH3 is 1. The van der Waals surface area contributed by atoms with Crippen LogP contribution in [0.25, 0.3) is 10.8 Å². The Kier molecular flexibility index (Phi) is 6.63. The topological polar surface area (TPSA) is 56.8 Å². The summed E-state index contributed by atoms with van der Waals surface area (Å²) in [5.41, 5.74) is 2.34. The first-order valence-corrected chi connectivity index (χ1v) is 9.31. The number of carbonyl (C=O) groups excluding carboxylic acids is 1. The van der Waals surface area contributed by atoms with E-state index in [9.17, 15) is 4.79 Å². The molecule has 146 valence electrons. The number of benzene rings is 3. The molecule has 1 N–H and O–H groups in total. The molecule has 0 aromatic heterocycles. The summed E-state index contributed by atoms with van der Waals surface area (Å²) in [6.45, 7) is 3.82. The number of fused-ring (bicyclic) bond motifs is 1. The van der Waals surface area contributed by atoms with Gasteiger partial charge in [-0.05, 0) is 47.9 Å². The summed E-state index contributed by atoms with van der Waals surface area (Å²) in [6.07, 6.45) is 0.439. The average Bonchev–Trinajstić information content (AvgIpc) is 2.73. The highest BCUT2D eigenvalue weighted by atomic mass is 16.7. The van der Waals surface area contributed by atoms with Gasteiger partial charge in [0.15, 0.2) is 13.1 Å². The smallest absolute Gasteiger partial charge is 0.259 e. The quantitative estimate of drug-likeness (QED) is 0.560. The summed E-state index contributed by atoms with van der Waals surface area (Å²) in [4.78, 5) is 13.0. The highest BCUT2D eigenvalue weighted by Crippen LogP contribution is 2.28. The number of rotatable bonds is 8. The van der Waals surface area contributed by atoms with Gasteiger partial charge in [-0.25, -0.2) is 0 Å². The lowest BCUT2D eigenvalue weighted by Gasteiger charge is -2.16. The highest BCUT2D eigenvalue weighted by Gasteiger charge is 2.16. The predicted molar refractivity (Wildman–Crippen MR) is 111 cm³/mol. The van der Waals surface area contributed by atoms with Crippen LogP contribution in [-0.4, -0.2) is 26.1 Å². The number of nitrogens with one attached hydrogen (secondary N) is 1. The Hall–Kier alpha value is -2.89. The van der Waals surface area contributed by atoms with E-state index in [2.05, 4.69) is 12.2 Å². The Morgan fingerprint density at radius 2 is 1.71 bits per heavy atom. The zero-order valence-corrected chi connectivity index (χ0v) is 16.4. The second kappa shape index (κ2) is 9.35. The molecule has 5 heteroatoms. The minimum Gasteiger partial charge on any atom is -0.467 e. The summed E-state index contributed by atoms with van der Waals surface area (Å²) >= 11 is 0. The lowest BCUT2D eigenvalue weighted by atomic mass is 10.0. The third-order valence-electron chi connectivity index (χ3n) is 4.59. The Bertz CT molecular complexity index is 954. The van der Waals surface area contributed by atoms with Crippen molar-refractivity contribution in [1.82, 2.24) is 0 Å². The molecule has 0 radical (unpaired) electrons. The monoisotopic (exact) mass is 379 g/mol. The average molecular weight is 379 g/mol. The van der Waals surface area contributed by atoms with Gasteiger partial charge in [-0.1, -0.05) is 49.4 Å². The van der Waals surface area contributed by atoms with E-state index >= 15 is 0 Å². The third kappa shape index (κ3) is 4.68. The Balaban J connectivity index is 1.90. The van der Waals surface area contributed by atoms with Gasteiger partial charge in [0.25, 0.3) is 5.91 Å². The molecule has 0 aliphatic heterocycles. The largest absolute Gasteiger partial charge is 0.467 e. The second-order valence-electron chi connectivity index (χ2n) is 6.39. The summed E-state index contributed by atoms with van der Waals surface area (Å²) in [7, 11) is 1.56. The van der Waals surface area contributed by atoms with Crippen LogP contribution in [0.4, 0.5) is 5.69 Å². The molecule has 0 fully saturated rings. The summed E-state index contributed by atoms with van der Waals surface area (Å²) in [5, 5.41) is 4.97. The molecular formula is C23H25NO4. The molecule has 0 spiro atoms. The fourth-order valence-electron chi connectivity index (χ4n) is 2.92. The van der Waals surface area contributed by atoms with Crippen molar-refractivity contribution in [2.45, 2.75) is 26.6 Å². The molecule has 3 aromatic carbocycles. The van der Waals surface area contributed by atoms with Gasteiger partial charge in [-0.3, -0.25) is 4.79 Å². The SMILES string of the molecule is CCc1ccccc1NC(=O)c1cc2ccccc2cc1OCOC(C)OC. The van der Waals surface area contributed by atoms with Crippen molar-refractivity contribution in [1.29, 1.82) is 0 Å². The van der Waals surface area contributed by atoms with E-state index in [4.69, 9.17) is 14.2 Å². The van der Waals surface area contributed by atoms with Gasteiger partial charge in [0.1, 0.15) is 5.75 Å². The van der Waals surface area contributed by atoms with Gasteiger partial charge in [-0.15, -0.1) is 0 Å². The van der Waals surface area contributed by atoms with Crippen molar-refractivity contribution < 1.29 is 19.0 Å². The number of amides is 1. The Morgan fingerprint density at radius 1 is 1.04 bits per heavy atom. The molecule has 1 atom stereocenters. The zero-order chi connectivity index (χ0) is 19.9. The Morgan fingerprint density at radius 3 is 2.43 bits per heavy atom. The van der Waals surface area contributed by atoms with E-state index in [-0.39, 0.29) is 12.7 Å². The fraction of sp³-hybridized carbons (Fsp3) is 0.261. The number of carbonyl (C=O) groups is 1. The maximum atomic E-state index is 13.0. The van der Waals surface area contributed by atoms with Crippen molar-refractivity contribution in [2.24, 2.45) is 0 Å². The maximum Gasteiger partial charge on any atom is 0.259 e. The molecule has 5 nitrogen and oxygen atoms in total. The first kappa shape index (κ1) is 19.9. The normalized spacial score (nSPS) is 12.0. The summed E-state index contributed by atoms with van der Waals surface area (Å²) in [6, 6.07) is 19.3. The number of anilines is 1. The van der Waals surface area contributed by atoms with Crippen LogP contribution >= 0.6 is 0 Å². The van der Waals surface area contributed by atoms with Gasteiger partial charge in [0.05, 0.1) is 5.56 Å². The van der Waals surface area contributed by atoms with Crippen LogP contribution in [0.15, 0.2) is 60.7 Å². The standard InChI is InChI=1S/C23H25NO4/c1-4-17-9-7-8-12-21(17)24-23(25)20-13-18-10-5-6-11-19(18)14-22(20)28-15-27-16(2)26-3/h5-14,16H,4,15H2,1-3H3,(H,24,25). The van der Waals surface area contributed by atoms with Gasteiger partial charge in [0, 0.05) is 12.8 Å². The molecule has 3 rings (SSSR count). The fourth-order valence-corrected chi connectivity index (χ4v) is 2.92. The highest BCUT2D eigenvalue weighted by molar-refractivity contribution is 6.09. The second-order valence-corrected chi connectivity index (χ2v) is 6.39. The van der Waals surface area contributed by atoms with Gasteiger partial charge >= 0.3 is 0 Å². The van der Waals surface area contributed by atoms with E-state index < -0.39 is 6.29 Å². The molecule has 3 aromatic rings. The molecule has 0 saturated carbocycles. The molecule has 0 aliphatic carbocycles. The van der Waals surface area contributed by atoms with Crippen LogP contribution in [-0.2, 0) is 15.9 Å². The van der Waals surface area contributed by atoms with Crippen molar-refractivity contribution in [3.8, 4) is 5.75 Å². The van der Waals surface area contributed by atoms with Gasteiger partial charge in [-0.2, -0.15) is 0 Å². The number of ether oxygens (including phenoxy) is 3. The lowest BCUT2D eigenvalue weighted by Crippen LogP contribution is -2.18. The number of para-hydroxylation sites is 1. The summed E-state index contributed by atoms with van der Waals surface area (Å²) < 4.78 is 16.2. The van der Waals surface area contributed by atoms with Crippen LogP contribution in [0.1, 0.15) is 29.8 Å².